The third kappa shape index (κ3) is 2.44. The average Bonchev–Trinajstić information content (AvgIpc) is 2.17. The van der Waals surface area contributed by atoms with Crippen LogP contribution in [-0.4, -0.2) is 48.7 Å². The molecule has 0 bridgehead atoms. The number of hydrogen-bond donors (Lipinski definition) is 1. The van der Waals surface area contributed by atoms with Gasteiger partial charge in [0.05, 0.1) is 6.17 Å². The van der Waals surface area contributed by atoms with E-state index < -0.39 is 0 Å². The van der Waals surface area contributed by atoms with E-state index in [9.17, 15) is 0 Å². The van der Waals surface area contributed by atoms with Gasteiger partial charge in [0.15, 0.2) is 0 Å². The lowest BCUT2D eigenvalue weighted by molar-refractivity contribution is 0.0996. The zero-order valence-corrected chi connectivity index (χ0v) is 8.29. The predicted octanol–water partition coefficient (Wildman–Crippen LogP) is 0.319. The number of rotatable bonds is 3. The van der Waals surface area contributed by atoms with Crippen LogP contribution in [0.3, 0.4) is 0 Å². The van der Waals surface area contributed by atoms with Crippen molar-refractivity contribution in [3.8, 4) is 0 Å². The molecule has 72 valence electrons. The van der Waals surface area contributed by atoms with Crippen LogP contribution >= 0.6 is 0 Å². The van der Waals surface area contributed by atoms with Crippen LogP contribution in [0.25, 0.3) is 0 Å². The quantitative estimate of drug-likeness (QED) is 0.664. The summed E-state index contributed by atoms with van der Waals surface area (Å²) in [5, 5.41) is 0. The summed E-state index contributed by atoms with van der Waals surface area (Å²) in [4.78, 5) is 4.85. The lowest BCUT2D eigenvalue weighted by Gasteiger charge is -2.37. The van der Waals surface area contributed by atoms with E-state index in [-0.39, 0.29) is 6.17 Å². The lowest BCUT2D eigenvalue weighted by Crippen LogP contribution is -2.52. The minimum atomic E-state index is 0.281. The van der Waals surface area contributed by atoms with Gasteiger partial charge in [-0.15, -0.1) is 0 Å². The van der Waals surface area contributed by atoms with Crippen molar-refractivity contribution in [2.75, 3.05) is 32.7 Å². The monoisotopic (exact) mass is 171 g/mol. The van der Waals surface area contributed by atoms with E-state index in [4.69, 9.17) is 5.73 Å². The SMILES string of the molecule is CCC(N)N1CCN(CC)CC1. The predicted molar refractivity (Wildman–Crippen MR) is 52.0 cm³/mol. The molecule has 1 fully saturated rings. The number of piperazine rings is 1. The van der Waals surface area contributed by atoms with Gasteiger partial charge in [0.25, 0.3) is 0 Å². The molecule has 0 amide bonds. The molecule has 0 spiro atoms. The van der Waals surface area contributed by atoms with Crippen LogP contribution in [0.15, 0.2) is 0 Å². The molecule has 0 aromatic heterocycles. The van der Waals surface area contributed by atoms with Crippen LogP contribution in [0.5, 0.6) is 0 Å². The first-order valence-electron chi connectivity index (χ1n) is 5.00. The van der Waals surface area contributed by atoms with Gasteiger partial charge in [-0.05, 0) is 13.0 Å². The molecule has 12 heavy (non-hydrogen) atoms. The summed E-state index contributed by atoms with van der Waals surface area (Å²) in [6, 6.07) is 0. The summed E-state index contributed by atoms with van der Waals surface area (Å²) in [5.41, 5.74) is 5.94. The summed E-state index contributed by atoms with van der Waals surface area (Å²) < 4.78 is 0. The van der Waals surface area contributed by atoms with Crippen molar-refractivity contribution < 1.29 is 0 Å². The van der Waals surface area contributed by atoms with Gasteiger partial charge in [0.1, 0.15) is 0 Å². The Hall–Kier alpha value is -0.120. The Balaban J connectivity index is 2.25. The van der Waals surface area contributed by atoms with Crippen molar-refractivity contribution in [2.24, 2.45) is 5.73 Å². The molecule has 1 saturated heterocycles. The zero-order valence-electron chi connectivity index (χ0n) is 8.29. The van der Waals surface area contributed by atoms with Gasteiger partial charge in [0.2, 0.25) is 0 Å². The van der Waals surface area contributed by atoms with E-state index in [1.54, 1.807) is 0 Å². The normalized spacial score (nSPS) is 24.2. The van der Waals surface area contributed by atoms with Gasteiger partial charge < -0.3 is 10.6 Å². The molecule has 1 rings (SSSR count). The zero-order chi connectivity index (χ0) is 8.97. The van der Waals surface area contributed by atoms with Crippen LogP contribution in [0.2, 0.25) is 0 Å². The Morgan fingerprint density at radius 3 is 2.17 bits per heavy atom. The Kier molecular flexibility index (Phi) is 3.98. The minimum Gasteiger partial charge on any atom is -0.316 e. The van der Waals surface area contributed by atoms with Gasteiger partial charge in [-0.2, -0.15) is 0 Å². The molecule has 3 nitrogen and oxygen atoms in total. The van der Waals surface area contributed by atoms with E-state index >= 15 is 0 Å². The molecule has 1 atom stereocenters. The average molecular weight is 171 g/mol. The molecule has 0 aromatic carbocycles. The molecule has 3 heteroatoms. The Morgan fingerprint density at radius 2 is 1.75 bits per heavy atom. The van der Waals surface area contributed by atoms with Crippen LogP contribution < -0.4 is 5.73 Å². The molecule has 0 aromatic rings. The molecule has 0 aliphatic carbocycles. The van der Waals surface area contributed by atoms with E-state index in [2.05, 4.69) is 23.6 Å². The van der Waals surface area contributed by atoms with Crippen molar-refractivity contribution in [1.82, 2.24) is 9.80 Å². The summed E-state index contributed by atoms with van der Waals surface area (Å²) >= 11 is 0. The first-order valence-corrected chi connectivity index (χ1v) is 5.00. The number of nitrogens with zero attached hydrogens (tertiary/aromatic N) is 2. The maximum atomic E-state index is 5.94. The fraction of sp³-hybridized carbons (Fsp3) is 1.00. The molecule has 1 heterocycles. The van der Waals surface area contributed by atoms with Crippen LogP contribution in [0.1, 0.15) is 20.3 Å². The largest absolute Gasteiger partial charge is 0.316 e. The van der Waals surface area contributed by atoms with Crippen molar-refractivity contribution in [3.63, 3.8) is 0 Å². The summed E-state index contributed by atoms with van der Waals surface area (Å²) in [5.74, 6) is 0. The summed E-state index contributed by atoms with van der Waals surface area (Å²) in [6.07, 6.45) is 1.34. The number of likely N-dealkylation sites (N-methyl/N-ethyl adjacent to an activating group) is 1. The topological polar surface area (TPSA) is 32.5 Å². The van der Waals surface area contributed by atoms with E-state index in [1.165, 1.54) is 19.6 Å². The molecule has 2 N–H and O–H groups in total. The molecular weight excluding hydrogens is 150 g/mol. The van der Waals surface area contributed by atoms with E-state index in [0.717, 1.165) is 19.5 Å². The van der Waals surface area contributed by atoms with E-state index in [1.807, 2.05) is 0 Å². The van der Waals surface area contributed by atoms with Crippen LogP contribution in [0, 0.1) is 0 Å². The molecule has 1 unspecified atom stereocenters. The Morgan fingerprint density at radius 1 is 1.17 bits per heavy atom. The van der Waals surface area contributed by atoms with Gasteiger partial charge in [-0.25, -0.2) is 0 Å². The third-order valence-corrected chi connectivity index (χ3v) is 2.74. The highest BCUT2D eigenvalue weighted by Crippen LogP contribution is 2.04. The highest BCUT2D eigenvalue weighted by molar-refractivity contribution is 4.73. The van der Waals surface area contributed by atoms with Crippen LogP contribution in [0.4, 0.5) is 0 Å². The van der Waals surface area contributed by atoms with Crippen molar-refractivity contribution in [3.05, 3.63) is 0 Å². The standard InChI is InChI=1S/C9H21N3/c1-3-9(10)12-7-5-11(4-2)6-8-12/h9H,3-8,10H2,1-2H3. The van der Waals surface area contributed by atoms with Crippen molar-refractivity contribution in [1.29, 1.82) is 0 Å². The molecule has 1 aliphatic rings. The van der Waals surface area contributed by atoms with Crippen molar-refractivity contribution >= 4 is 0 Å². The number of hydrogen-bond acceptors (Lipinski definition) is 3. The summed E-state index contributed by atoms with van der Waals surface area (Å²) in [6.45, 7) is 10.2. The van der Waals surface area contributed by atoms with Gasteiger partial charge >= 0.3 is 0 Å². The lowest BCUT2D eigenvalue weighted by atomic mass is 10.2. The third-order valence-electron chi connectivity index (χ3n) is 2.74. The van der Waals surface area contributed by atoms with Gasteiger partial charge in [0, 0.05) is 26.2 Å². The maximum Gasteiger partial charge on any atom is 0.0570 e. The fourth-order valence-electron chi connectivity index (χ4n) is 1.67. The van der Waals surface area contributed by atoms with Gasteiger partial charge in [-0.1, -0.05) is 13.8 Å². The van der Waals surface area contributed by atoms with Gasteiger partial charge in [-0.3, -0.25) is 4.90 Å². The maximum absolute atomic E-state index is 5.94. The Labute approximate surface area is 75.5 Å². The first-order chi connectivity index (χ1) is 5.77. The van der Waals surface area contributed by atoms with Crippen LogP contribution in [-0.2, 0) is 0 Å². The smallest absolute Gasteiger partial charge is 0.0570 e. The molecule has 0 radical (unpaired) electrons. The fourth-order valence-corrected chi connectivity index (χ4v) is 1.67. The second kappa shape index (κ2) is 4.80. The first kappa shape index (κ1) is 9.96. The second-order valence-corrected chi connectivity index (χ2v) is 3.45. The molecule has 1 aliphatic heterocycles. The molecular formula is C9H21N3. The minimum absolute atomic E-state index is 0.281. The number of nitrogens with two attached hydrogens (primary N) is 1. The second-order valence-electron chi connectivity index (χ2n) is 3.45. The molecule has 0 saturated carbocycles. The Bertz CT molecular complexity index is 119. The highest BCUT2D eigenvalue weighted by Gasteiger charge is 2.18. The highest BCUT2D eigenvalue weighted by atomic mass is 15.3. The van der Waals surface area contributed by atoms with E-state index in [0.29, 0.717) is 0 Å². The van der Waals surface area contributed by atoms with Crippen molar-refractivity contribution in [2.45, 2.75) is 26.4 Å². The summed E-state index contributed by atoms with van der Waals surface area (Å²) in [7, 11) is 0.